The monoisotopic (exact) mass is 204 g/mol. The fourth-order valence-electron chi connectivity index (χ4n) is 1.65. The van der Waals surface area contributed by atoms with Crippen LogP contribution in [0.25, 0.3) is 0 Å². The average molecular weight is 204 g/mol. The van der Waals surface area contributed by atoms with Gasteiger partial charge in [0.15, 0.2) is 6.23 Å². The maximum Gasteiger partial charge on any atom is 0.263 e. The minimum atomic E-state index is -1.28. The van der Waals surface area contributed by atoms with Crippen LogP contribution in [0.15, 0.2) is 24.3 Å². The first-order valence-electron chi connectivity index (χ1n) is 4.79. The van der Waals surface area contributed by atoms with Gasteiger partial charge in [-0.05, 0) is 18.6 Å². The van der Waals surface area contributed by atoms with Crippen LogP contribution in [0.4, 0.5) is 0 Å². The van der Waals surface area contributed by atoms with Crippen LogP contribution < -0.4 is 0 Å². The first-order valence-corrected chi connectivity index (χ1v) is 4.79. The molecule has 1 aromatic carbocycles. The van der Waals surface area contributed by atoms with Crippen molar-refractivity contribution in [1.29, 1.82) is 0 Å². The van der Waals surface area contributed by atoms with Crippen molar-refractivity contribution >= 4 is 11.8 Å². The maximum absolute atomic E-state index is 11.7. The highest BCUT2D eigenvalue weighted by Crippen LogP contribution is 2.24. The molecule has 1 unspecified atom stereocenters. The number of rotatable bonds is 2. The second kappa shape index (κ2) is 3.47. The van der Waals surface area contributed by atoms with Crippen molar-refractivity contribution in [2.24, 2.45) is 0 Å². The minimum absolute atomic E-state index is 0.228. The van der Waals surface area contributed by atoms with Gasteiger partial charge in [0.2, 0.25) is 0 Å². The molecule has 1 atom stereocenters. The van der Waals surface area contributed by atoms with Crippen LogP contribution in [-0.2, 0) is 5.11 Å². The minimum Gasteiger partial charge on any atom is -0.268 e. The molecule has 1 aliphatic heterocycles. The quantitative estimate of drug-likeness (QED) is 0.684. The van der Waals surface area contributed by atoms with Gasteiger partial charge >= 0.3 is 0 Å². The molecule has 0 N–H and O–H groups in total. The van der Waals surface area contributed by atoms with Gasteiger partial charge in [0.25, 0.3) is 11.8 Å². The van der Waals surface area contributed by atoms with Crippen LogP contribution in [0.3, 0.4) is 0 Å². The van der Waals surface area contributed by atoms with E-state index in [0.29, 0.717) is 11.1 Å². The Morgan fingerprint density at radius 1 is 1.13 bits per heavy atom. The van der Waals surface area contributed by atoms with E-state index in [1.165, 1.54) is 0 Å². The lowest BCUT2D eigenvalue weighted by Gasteiger charge is -2.17. The van der Waals surface area contributed by atoms with Gasteiger partial charge in [-0.2, -0.15) is 0 Å². The summed E-state index contributed by atoms with van der Waals surface area (Å²) in [6.45, 7) is 1.65. The number of nitrogens with zero attached hydrogens (tertiary/aromatic N) is 1. The molecule has 0 spiro atoms. The van der Waals surface area contributed by atoms with E-state index in [1.54, 1.807) is 31.2 Å². The lowest BCUT2D eigenvalue weighted by Crippen LogP contribution is -2.38. The number of hydrogen-bond acceptors (Lipinski definition) is 2. The smallest absolute Gasteiger partial charge is 0.263 e. The number of fused-ring (bicyclic) bond motifs is 1. The van der Waals surface area contributed by atoms with Gasteiger partial charge in [0, 0.05) is 0 Å². The fraction of sp³-hybridized carbons (Fsp3) is 0.273. The van der Waals surface area contributed by atoms with E-state index in [4.69, 9.17) is 0 Å². The van der Waals surface area contributed by atoms with E-state index >= 15 is 0 Å². The summed E-state index contributed by atoms with van der Waals surface area (Å²) in [5.41, 5.74) is 0.661. The molecule has 1 heterocycles. The third-order valence-corrected chi connectivity index (χ3v) is 2.46. The van der Waals surface area contributed by atoms with Crippen LogP contribution >= 0.6 is 0 Å². The molecule has 0 saturated heterocycles. The van der Waals surface area contributed by atoms with E-state index < -0.39 is 18.0 Å². The molecule has 1 aliphatic rings. The molecule has 4 nitrogen and oxygen atoms in total. The summed E-state index contributed by atoms with van der Waals surface area (Å²) in [6.07, 6.45) is -1.05. The van der Waals surface area contributed by atoms with Crippen molar-refractivity contribution in [1.82, 2.24) is 4.90 Å². The van der Waals surface area contributed by atoms with Gasteiger partial charge in [0.1, 0.15) is 0 Å². The highest BCUT2D eigenvalue weighted by atomic mass is 16.3. The van der Waals surface area contributed by atoms with Gasteiger partial charge in [-0.15, -0.1) is 0 Å². The van der Waals surface area contributed by atoms with Crippen molar-refractivity contribution in [2.45, 2.75) is 19.6 Å². The molecular weight excluding hydrogens is 194 g/mol. The Hall–Kier alpha value is -1.68. The zero-order valence-electron chi connectivity index (χ0n) is 8.27. The Balaban J connectivity index is 2.45. The van der Waals surface area contributed by atoms with Gasteiger partial charge in [-0.25, -0.2) is 10.0 Å². The molecule has 1 aromatic rings. The Morgan fingerprint density at radius 2 is 1.60 bits per heavy atom. The zero-order valence-corrected chi connectivity index (χ0v) is 8.27. The summed E-state index contributed by atoms with van der Waals surface area (Å²) in [5, 5.41) is 11.5. The second-order valence-electron chi connectivity index (χ2n) is 3.39. The summed E-state index contributed by atoms with van der Waals surface area (Å²) in [4.78, 5) is 24.2. The molecule has 1 radical (unpaired) electrons. The molecular formula is C11H10NO3. The molecule has 2 amide bonds. The summed E-state index contributed by atoms with van der Waals surface area (Å²) >= 11 is 0. The summed E-state index contributed by atoms with van der Waals surface area (Å²) < 4.78 is 0. The van der Waals surface area contributed by atoms with E-state index in [1.807, 2.05) is 0 Å². The van der Waals surface area contributed by atoms with Crippen molar-refractivity contribution in [2.75, 3.05) is 0 Å². The van der Waals surface area contributed by atoms with Crippen LogP contribution in [0.2, 0.25) is 0 Å². The molecule has 77 valence electrons. The number of hydrogen-bond donors (Lipinski definition) is 0. The topological polar surface area (TPSA) is 57.3 Å². The van der Waals surface area contributed by atoms with E-state index in [2.05, 4.69) is 0 Å². The van der Waals surface area contributed by atoms with E-state index in [0.717, 1.165) is 4.90 Å². The van der Waals surface area contributed by atoms with Crippen LogP contribution in [-0.4, -0.2) is 22.9 Å². The fourth-order valence-corrected chi connectivity index (χ4v) is 1.65. The van der Waals surface area contributed by atoms with Gasteiger partial charge < -0.3 is 0 Å². The predicted molar refractivity (Wildman–Crippen MR) is 51.7 cm³/mol. The third kappa shape index (κ3) is 1.34. The van der Waals surface area contributed by atoms with Gasteiger partial charge in [0.05, 0.1) is 11.1 Å². The highest BCUT2D eigenvalue weighted by molar-refractivity contribution is 6.21. The van der Waals surface area contributed by atoms with Gasteiger partial charge in [-0.3, -0.25) is 9.59 Å². The molecule has 0 saturated carbocycles. The van der Waals surface area contributed by atoms with E-state index in [-0.39, 0.29) is 6.42 Å². The summed E-state index contributed by atoms with van der Waals surface area (Å²) in [5.74, 6) is -0.949. The molecule has 15 heavy (non-hydrogen) atoms. The lowest BCUT2D eigenvalue weighted by molar-refractivity contribution is -0.0225. The molecule has 0 aromatic heterocycles. The summed E-state index contributed by atoms with van der Waals surface area (Å²) in [6, 6.07) is 6.49. The standard InChI is InChI=1S/C11H10NO3/c1-2-9(13)12-10(14)7-5-3-4-6-8(7)11(12)15/h3-6,9H,2H2,1H3. The lowest BCUT2D eigenvalue weighted by atomic mass is 10.1. The molecule has 0 fully saturated rings. The number of carbonyl (C=O) groups excluding carboxylic acids is 2. The first-order chi connectivity index (χ1) is 7.16. The van der Waals surface area contributed by atoms with Crippen molar-refractivity contribution < 1.29 is 14.7 Å². The van der Waals surface area contributed by atoms with E-state index in [9.17, 15) is 14.7 Å². The molecule has 4 heteroatoms. The van der Waals surface area contributed by atoms with Crippen molar-refractivity contribution in [3.63, 3.8) is 0 Å². The average Bonchev–Trinajstić information content (AvgIpc) is 2.52. The molecule has 2 rings (SSSR count). The second-order valence-corrected chi connectivity index (χ2v) is 3.39. The van der Waals surface area contributed by atoms with Crippen molar-refractivity contribution in [3.05, 3.63) is 35.4 Å². The Bertz CT molecular complexity index is 393. The zero-order chi connectivity index (χ0) is 11.0. The van der Waals surface area contributed by atoms with Crippen LogP contribution in [0, 0.1) is 0 Å². The summed E-state index contributed by atoms with van der Waals surface area (Å²) in [7, 11) is 0. The predicted octanol–water partition coefficient (Wildman–Crippen LogP) is 1.45. The number of benzene rings is 1. The SMILES string of the molecule is CCC([O])N1C(=O)c2ccccc2C1=O. The normalized spacial score (nSPS) is 16.8. The molecule has 0 bridgehead atoms. The highest BCUT2D eigenvalue weighted by Gasteiger charge is 2.39. The first kappa shape index (κ1) is 9.86. The number of amides is 2. The number of imide groups is 1. The number of carbonyl (C=O) groups is 2. The Morgan fingerprint density at radius 3 is 2.00 bits per heavy atom. The maximum atomic E-state index is 11.7. The largest absolute Gasteiger partial charge is 0.268 e. The van der Waals surface area contributed by atoms with Gasteiger partial charge in [-0.1, -0.05) is 19.1 Å². The molecule has 0 aliphatic carbocycles. The van der Waals surface area contributed by atoms with Crippen LogP contribution in [0.1, 0.15) is 34.1 Å². The van der Waals surface area contributed by atoms with Crippen LogP contribution in [0.5, 0.6) is 0 Å². The Kier molecular flexibility index (Phi) is 2.28. The Labute approximate surface area is 87.1 Å². The third-order valence-electron chi connectivity index (χ3n) is 2.46. The van der Waals surface area contributed by atoms with Crippen molar-refractivity contribution in [3.8, 4) is 0 Å².